The minimum atomic E-state index is 0.108. The van der Waals surface area contributed by atoms with Gasteiger partial charge in [-0.1, -0.05) is 29.8 Å². The second kappa shape index (κ2) is 5.38. The Morgan fingerprint density at radius 2 is 2.20 bits per heavy atom. The number of nitrogens with zero attached hydrogens (tertiary/aromatic N) is 1. The standard InChI is InChI=1S/C15H15ClN2O2/c1-20-8-13-15-12(17-18-13)6-9(7-14(15)19)10-4-2-3-5-11(10)16/h2-5,9H,6-8H2,1H3,(H,17,18). The smallest absolute Gasteiger partial charge is 0.167 e. The van der Waals surface area contributed by atoms with Crippen LogP contribution in [0.4, 0.5) is 0 Å². The first-order valence-electron chi connectivity index (χ1n) is 6.53. The molecule has 0 amide bonds. The molecule has 1 aromatic heterocycles. The number of nitrogens with one attached hydrogen (secondary N) is 1. The van der Waals surface area contributed by atoms with Crippen LogP contribution in [-0.4, -0.2) is 23.1 Å². The molecular formula is C15H15ClN2O2. The van der Waals surface area contributed by atoms with Crippen molar-refractivity contribution >= 4 is 17.4 Å². The number of hydrogen-bond acceptors (Lipinski definition) is 3. The summed E-state index contributed by atoms with van der Waals surface area (Å²) in [6.45, 7) is 0.355. The van der Waals surface area contributed by atoms with Crippen LogP contribution >= 0.6 is 11.6 Å². The third kappa shape index (κ3) is 2.25. The first-order valence-corrected chi connectivity index (χ1v) is 6.91. The zero-order chi connectivity index (χ0) is 14.1. The molecule has 20 heavy (non-hydrogen) atoms. The fourth-order valence-corrected chi connectivity index (χ4v) is 3.10. The molecule has 104 valence electrons. The molecule has 3 rings (SSSR count). The van der Waals surface area contributed by atoms with E-state index in [1.54, 1.807) is 7.11 Å². The summed E-state index contributed by atoms with van der Waals surface area (Å²) in [7, 11) is 1.60. The van der Waals surface area contributed by atoms with E-state index in [0.29, 0.717) is 29.3 Å². The van der Waals surface area contributed by atoms with E-state index < -0.39 is 0 Å². The van der Waals surface area contributed by atoms with E-state index >= 15 is 0 Å². The first kappa shape index (κ1) is 13.3. The number of fused-ring (bicyclic) bond motifs is 1. The summed E-state index contributed by atoms with van der Waals surface area (Å²) >= 11 is 6.23. The second-order valence-electron chi connectivity index (χ2n) is 5.01. The Kier molecular flexibility index (Phi) is 3.59. The number of aromatic amines is 1. The Morgan fingerprint density at radius 1 is 1.40 bits per heavy atom. The van der Waals surface area contributed by atoms with E-state index in [0.717, 1.165) is 17.7 Å². The topological polar surface area (TPSA) is 55.0 Å². The van der Waals surface area contributed by atoms with Crippen LogP contribution in [0.5, 0.6) is 0 Å². The van der Waals surface area contributed by atoms with Gasteiger partial charge in [-0.15, -0.1) is 0 Å². The molecule has 0 spiro atoms. The molecule has 2 aromatic rings. The van der Waals surface area contributed by atoms with Crippen molar-refractivity contribution in [2.24, 2.45) is 0 Å². The molecule has 0 radical (unpaired) electrons. The molecule has 1 unspecified atom stereocenters. The Bertz CT molecular complexity index is 651. The predicted octanol–water partition coefficient (Wildman–Crippen LogP) is 3.12. The molecule has 4 nitrogen and oxygen atoms in total. The fraction of sp³-hybridized carbons (Fsp3) is 0.333. The lowest BCUT2D eigenvalue weighted by Gasteiger charge is -2.22. The summed E-state index contributed by atoms with van der Waals surface area (Å²) in [6.07, 6.45) is 1.22. The maximum Gasteiger partial charge on any atom is 0.167 e. The third-order valence-corrected chi connectivity index (χ3v) is 4.05. The molecule has 1 heterocycles. The number of rotatable bonds is 3. The van der Waals surface area contributed by atoms with Crippen LogP contribution in [0.1, 0.15) is 39.6 Å². The van der Waals surface area contributed by atoms with Crippen molar-refractivity contribution in [3.05, 3.63) is 51.8 Å². The Labute approximate surface area is 122 Å². The Morgan fingerprint density at radius 3 is 2.95 bits per heavy atom. The van der Waals surface area contributed by atoms with Crippen molar-refractivity contribution in [2.75, 3.05) is 7.11 Å². The van der Waals surface area contributed by atoms with Crippen LogP contribution in [0.3, 0.4) is 0 Å². The fourth-order valence-electron chi connectivity index (χ4n) is 2.81. The quantitative estimate of drug-likeness (QED) is 0.945. The first-order chi connectivity index (χ1) is 9.70. The SMILES string of the molecule is COCc1n[nH]c2c1C(=O)CC(c1ccccc1Cl)C2. The number of ketones is 1. The van der Waals surface area contributed by atoms with Crippen molar-refractivity contribution in [1.29, 1.82) is 0 Å². The van der Waals surface area contributed by atoms with Gasteiger partial charge < -0.3 is 4.74 Å². The molecule has 1 aromatic carbocycles. The zero-order valence-corrected chi connectivity index (χ0v) is 11.9. The van der Waals surface area contributed by atoms with Gasteiger partial charge in [-0.25, -0.2) is 0 Å². The van der Waals surface area contributed by atoms with E-state index in [9.17, 15) is 4.79 Å². The summed E-state index contributed by atoms with van der Waals surface area (Å²) in [5.74, 6) is 0.219. The average Bonchev–Trinajstić information content (AvgIpc) is 2.83. The van der Waals surface area contributed by atoms with Gasteiger partial charge in [0.05, 0.1) is 17.9 Å². The van der Waals surface area contributed by atoms with E-state index in [2.05, 4.69) is 10.2 Å². The van der Waals surface area contributed by atoms with Gasteiger partial charge in [0.1, 0.15) is 0 Å². The molecule has 0 saturated heterocycles. The number of aromatic nitrogens is 2. The lowest BCUT2D eigenvalue weighted by molar-refractivity contribution is 0.0959. The molecule has 0 saturated carbocycles. The molecule has 0 bridgehead atoms. The number of hydrogen-bond donors (Lipinski definition) is 1. The van der Waals surface area contributed by atoms with Gasteiger partial charge in [0.25, 0.3) is 0 Å². The lowest BCUT2D eigenvalue weighted by atomic mass is 9.81. The van der Waals surface area contributed by atoms with Gasteiger partial charge in [-0.05, 0) is 24.0 Å². The number of methoxy groups -OCH3 is 1. The second-order valence-corrected chi connectivity index (χ2v) is 5.41. The van der Waals surface area contributed by atoms with Gasteiger partial charge in [-0.3, -0.25) is 9.89 Å². The van der Waals surface area contributed by atoms with Gasteiger partial charge in [0, 0.05) is 24.2 Å². The van der Waals surface area contributed by atoms with Crippen LogP contribution in [0.25, 0.3) is 0 Å². The highest BCUT2D eigenvalue weighted by Crippen LogP contribution is 2.36. The molecule has 1 atom stereocenters. The number of halogens is 1. The highest BCUT2D eigenvalue weighted by Gasteiger charge is 2.31. The normalized spacial score (nSPS) is 18.1. The van der Waals surface area contributed by atoms with E-state index in [1.807, 2.05) is 24.3 Å². The van der Waals surface area contributed by atoms with Crippen LogP contribution in [0.15, 0.2) is 24.3 Å². The maximum absolute atomic E-state index is 12.4. The summed E-state index contributed by atoms with van der Waals surface area (Å²) in [4.78, 5) is 12.4. The van der Waals surface area contributed by atoms with Crippen LogP contribution in [-0.2, 0) is 17.8 Å². The Hall–Kier alpha value is -1.65. The number of benzene rings is 1. The number of carbonyl (C=O) groups excluding carboxylic acids is 1. The Balaban J connectivity index is 1.94. The van der Waals surface area contributed by atoms with Crippen molar-refractivity contribution in [1.82, 2.24) is 10.2 Å². The van der Waals surface area contributed by atoms with E-state index in [4.69, 9.17) is 16.3 Å². The number of ether oxygens (including phenoxy) is 1. The van der Waals surface area contributed by atoms with Crippen LogP contribution < -0.4 is 0 Å². The molecule has 0 aliphatic heterocycles. The average molecular weight is 291 g/mol. The van der Waals surface area contributed by atoms with Gasteiger partial charge in [0.2, 0.25) is 0 Å². The van der Waals surface area contributed by atoms with Gasteiger partial charge >= 0.3 is 0 Å². The largest absolute Gasteiger partial charge is 0.378 e. The molecular weight excluding hydrogens is 276 g/mol. The highest BCUT2D eigenvalue weighted by molar-refractivity contribution is 6.31. The minimum absolute atomic E-state index is 0.108. The molecule has 1 aliphatic rings. The zero-order valence-electron chi connectivity index (χ0n) is 11.1. The van der Waals surface area contributed by atoms with Crippen LogP contribution in [0, 0.1) is 0 Å². The molecule has 1 aliphatic carbocycles. The van der Waals surface area contributed by atoms with Crippen molar-refractivity contribution < 1.29 is 9.53 Å². The maximum atomic E-state index is 12.4. The van der Waals surface area contributed by atoms with Crippen molar-refractivity contribution in [3.8, 4) is 0 Å². The third-order valence-electron chi connectivity index (χ3n) is 3.70. The highest BCUT2D eigenvalue weighted by atomic mass is 35.5. The molecule has 1 N–H and O–H groups in total. The van der Waals surface area contributed by atoms with Crippen molar-refractivity contribution in [2.45, 2.75) is 25.4 Å². The minimum Gasteiger partial charge on any atom is -0.378 e. The van der Waals surface area contributed by atoms with Gasteiger partial charge in [-0.2, -0.15) is 5.10 Å². The van der Waals surface area contributed by atoms with Gasteiger partial charge in [0.15, 0.2) is 5.78 Å². The van der Waals surface area contributed by atoms with E-state index in [-0.39, 0.29) is 11.7 Å². The summed E-state index contributed by atoms with van der Waals surface area (Å²) in [6, 6.07) is 7.69. The number of Topliss-reactive ketones (excluding diaryl/α,β-unsaturated/α-hetero) is 1. The predicted molar refractivity (Wildman–Crippen MR) is 76.1 cm³/mol. The number of H-pyrrole nitrogens is 1. The molecule has 5 heteroatoms. The monoisotopic (exact) mass is 290 g/mol. The summed E-state index contributed by atoms with van der Waals surface area (Å²) in [5.41, 5.74) is 3.31. The number of carbonyl (C=O) groups is 1. The molecule has 0 fully saturated rings. The summed E-state index contributed by atoms with van der Waals surface area (Å²) < 4.78 is 5.08. The van der Waals surface area contributed by atoms with Crippen LogP contribution in [0.2, 0.25) is 5.02 Å². The van der Waals surface area contributed by atoms with E-state index in [1.165, 1.54) is 0 Å². The lowest BCUT2D eigenvalue weighted by Crippen LogP contribution is -2.19. The summed E-state index contributed by atoms with van der Waals surface area (Å²) in [5, 5.41) is 7.86. The van der Waals surface area contributed by atoms with Crippen molar-refractivity contribution in [3.63, 3.8) is 0 Å².